The fourth-order valence-electron chi connectivity index (χ4n) is 8.01. The summed E-state index contributed by atoms with van der Waals surface area (Å²) in [4.78, 5) is 0. The van der Waals surface area contributed by atoms with Gasteiger partial charge in [-0.2, -0.15) is 0 Å². The summed E-state index contributed by atoms with van der Waals surface area (Å²) in [5, 5.41) is 12.2. The number of benzene rings is 9. The molecule has 222 valence electrons. The van der Waals surface area contributed by atoms with Gasteiger partial charge in [0, 0.05) is 27.1 Å². The first-order chi connectivity index (χ1) is 23.8. The lowest BCUT2D eigenvalue weighted by Gasteiger charge is -2.16. The van der Waals surface area contributed by atoms with E-state index in [0.29, 0.717) is 0 Å². The number of hydrogen-bond acceptors (Lipinski definition) is 2. The zero-order valence-corrected chi connectivity index (χ0v) is 25.8. The highest BCUT2D eigenvalue weighted by molar-refractivity contribution is 6.27. The Morgan fingerprint density at radius 1 is 0.292 bits per heavy atom. The van der Waals surface area contributed by atoms with Gasteiger partial charge in [0.25, 0.3) is 0 Å². The fourth-order valence-corrected chi connectivity index (χ4v) is 8.01. The summed E-state index contributed by atoms with van der Waals surface area (Å²) in [5.41, 5.74) is 10.7. The summed E-state index contributed by atoms with van der Waals surface area (Å²) in [6, 6.07) is 56.7. The smallest absolute Gasteiger partial charge is 0.143 e. The van der Waals surface area contributed by atoms with Gasteiger partial charge < -0.3 is 8.83 Å². The van der Waals surface area contributed by atoms with E-state index < -0.39 is 0 Å². The molecule has 11 rings (SSSR count). The third-order valence-corrected chi connectivity index (χ3v) is 10.2. The predicted octanol–water partition coefficient (Wildman–Crippen LogP) is 13.4. The zero-order valence-electron chi connectivity index (χ0n) is 25.8. The van der Waals surface area contributed by atoms with Gasteiger partial charge in [-0.1, -0.05) is 127 Å². The summed E-state index contributed by atoms with van der Waals surface area (Å²) in [5.74, 6) is 0. The molecular formula is C46H26O2. The molecule has 0 saturated heterocycles. The molecule has 0 bridgehead atoms. The molecule has 0 atom stereocenters. The van der Waals surface area contributed by atoms with Gasteiger partial charge >= 0.3 is 0 Å². The van der Waals surface area contributed by atoms with Crippen molar-refractivity contribution in [3.63, 3.8) is 0 Å². The minimum Gasteiger partial charge on any atom is -0.456 e. The Labute approximate surface area is 275 Å². The van der Waals surface area contributed by atoms with Crippen molar-refractivity contribution in [3.05, 3.63) is 158 Å². The third kappa shape index (κ3) is 3.57. The quantitative estimate of drug-likeness (QED) is 0.186. The first kappa shape index (κ1) is 25.8. The van der Waals surface area contributed by atoms with Crippen molar-refractivity contribution in [2.45, 2.75) is 0 Å². The van der Waals surface area contributed by atoms with Crippen LogP contribution in [0.1, 0.15) is 0 Å². The first-order valence-electron chi connectivity index (χ1n) is 16.4. The van der Waals surface area contributed by atoms with Crippen LogP contribution < -0.4 is 0 Å². The molecule has 2 aromatic heterocycles. The summed E-state index contributed by atoms with van der Waals surface area (Å²) in [7, 11) is 0. The molecule has 2 heterocycles. The molecular weight excluding hydrogens is 585 g/mol. The predicted molar refractivity (Wildman–Crippen MR) is 201 cm³/mol. The molecule has 0 unspecified atom stereocenters. The van der Waals surface area contributed by atoms with Crippen molar-refractivity contribution >= 4 is 76.2 Å². The summed E-state index contributed by atoms with van der Waals surface area (Å²) >= 11 is 0. The van der Waals surface area contributed by atoms with E-state index in [1.54, 1.807) is 0 Å². The van der Waals surface area contributed by atoms with Crippen LogP contribution in [-0.2, 0) is 0 Å². The zero-order chi connectivity index (χ0) is 31.3. The average Bonchev–Trinajstić information content (AvgIpc) is 3.72. The fraction of sp³-hybridized carbons (Fsp3) is 0. The Balaban J connectivity index is 1.11. The van der Waals surface area contributed by atoms with Crippen molar-refractivity contribution in [3.8, 4) is 33.4 Å². The van der Waals surface area contributed by atoms with Crippen LogP contribution in [0.3, 0.4) is 0 Å². The molecule has 0 amide bonds. The SMILES string of the molecule is c1ccc(-c2ccc3ccc4c(-c5ccc6oc7ccc(-c8cccc9c8oc8ccccc89)cc7c6c5)ccc5ccc2c3c54)cc1. The Hall–Kier alpha value is -6.38. The van der Waals surface area contributed by atoms with Gasteiger partial charge in [0.15, 0.2) is 0 Å². The van der Waals surface area contributed by atoms with E-state index in [4.69, 9.17) is 8.83 Å². The molecule has 0 N–H and O–H groups in total. The lowest BCUT2D eigenvalue weighted by atomic mass is 9.87. The largest absolute Gasteiger partial charge is 0.456 e. The molecule has 0 aliphatic heterocycles. The van der Waals surface area contributed by atoms with Gasteiger partial charge in [-0.05, 0) is 90.5 Å². The minimum absolute atomic E-state index is 0.881. The normalized spacial score (nSPS) is 12.2. The lowest BCUT2D eigenvalue weighted by molar-refractivity contribution is 0.668. The third-order valence-electron chi connectivity index (χ3n) is 10.2. The Morgan fingerprint density at radius 2 is 0.854 bits per heavy atom. The van der Waals surface area contributed by atoms with Crippen LogP contribution in [0.15, 0.2) is 167 Å². The topological polar surface area (TPSA) is 26.3 Å². The number of furan rings is 2. The van der Waals surface area contributed by atoms with Gasteiger partial charge in [0.1, 0.15) is 22.3 Å². The monoisotopic (exact) mass is 610 g/mol. The minimum atomic E-state index is 0.881. The molecule has 0 saturated carbocycles. The van der Waals surface area contributed by atoms with E-state index in [0.717, 1.165) is 55.0 Å². The van der Waals surface area contributed by atoms with Gasteiger partial charge in [-0.3, -0.25) is 0 Å². The van der Waals surface area contributed by atoms with Crippen LogP contribution in [0.4, 0.5) is 0 Å². The van der Waals surface area contributed by atoms with Gasteiger partial charge in [0.2, 0.25) is 0 Å². The van der Waals surface area contributed by atoms with Crippen LogP contribution in [0.25, 0.3) is 110 Å². The number of para-hydroxylation sites is 2. The lowest BCUT2D eigenvalue weighted by Crippen LogP contribution is -1.89. The molecule has 0 aliphatic carbocycles. The molecule has 11 aromatic rings. The highest BCUT2D eigenvalue weighted by Gasteiger charge is 2.17. The Morgan fingerprint density at radius 3 is 1.56 bits per heavy atom. The van der Waals surface area contributed by atoms with Crippen molar-refractivity contribution < 1.29 is 8.83 Å². The molecule has 0 fully saturated rings. The maximum atomic E-state index is 6.39. The molecule has 48 heavy (non-hydrogen) atoms. The Bertz CT molecular complexity index is 3050. The van der Waals surface area contributed by atoms with Crippen LogP contribution in [0, 0.1) is 0 Å². The van der Waals surface area contributed by atoms with E-state index >= 15 is 0 Å². The molecule has 2 nitrogen and oxygen atoms in total. The van der Waals surface area contributed by atoms with Crippen molar-refractivity contribution in [1.29, 1.82) is 0 Å². The second-order valence-corrected chi connectivity index (χ2v) is 12.8. The summed E-state index contributed by atoms with van der Waals surface area (Å²) < 4.78 is 12.8. The van der Waals surface area contributed by atoms with Crippen LogP contribution in [0.5, 0.6) is 0 Å². The molecule has 0 spiro atoms. The number of hydrogen-bond donors (Lipinski definition) is 0. The summed E-state index contributed by atoms with van der Waals surface area (Å²) in [6.07, 6.45) is 0. The number of rotatable bonds is 3. The average molecular weight is 611 g/mol. The van der Waals surface area contributed by atoms with Crippen molar-refractivity contribution in [1.82, 2.24) is 0 Å². The molecule has 9 aromatic carbocycles. The van der Waals surface area contributed by atoms with E-state index in [2.05, 4.69) is 146 Å². The van der Waals surface area contributed by atoms with Crippen molar-refractivity contribution in [2.24, 2.45) is 0 Å². The highest BCUT2D eigenvalue weighted by Crippen LogP contribution is 2.44. The Kier molecular flexibility index (Phi) is 5.14. The molecule has 2 heteroatoms. The van der Waals surface area contributed by atoms with Crippen LogP contribution in [0.2, 0.25) is 0 Å². The summed E-state index contributed by atoms with van der Waals surface area (Å²) in [6.45, 7) is 0. The van der Waals surface area contributed by atoms with E-state index in [9.17, 15) is 0 Å². The van der Waals surface area contributed by atoms with Crippen molar-refractivity contribution in [2.75, 3.05) is 0 Å². The van der Waals surface area contributed by atoms with Crippen LogP contribution >= 0.6 is 0 Å². The maximum absolute atomic E-state index is 6.39. The maximum Gasteiger partial charge on any atom is 0.143 e. The second-order valence-electron chi connectivity index (χ2n) is 12.8. The first-order valence-corrected chi connectivity index (χ1v) is 16.4. The van der Waals surface area contributed by atoms with Gasteiger partial charge in [-0.25, -0.2) is 0 Å². The highest BCUT2D eigenvalue weighted by atomic mass is 16.3. The molecule has 0 aliphatic rings. The van der Waals surface area contributed by atoms with E-state index in [1.165, 1.54) is 54.6 Å². The molecule has 0 radical (unpaired) electrons. The number of fused-ring (bicyclic) bond motifs is 6. The standard InChI is InChI=1S/C46H26O2/c1-2-7-27(8-3-1)32-19-13-28-16-22-37-33(20-14-29-15-21-36(32)44(28)45(29)37)30-17-23-42-39(25-30)40-26-31(18-24-43(40)47-42)34-10-6-11-38-35-9-4-5-12-41(35)48-46(34)38/h1-26H. The second kappa shape index (κ2) is 9.57. The van der Waals surface area contributed by atoms with E-state index in [-0.39, 0.29) is 0 Å². The van der Waals surface area contributed by atoms with E-state index in [1.807, 2.05) is 12.1 Å². The van der Waals surface area contributed by atoms with Crippen LogP contribution in [-0.4, -0.2) is 0 Å². The van der Waals surface area contributed by atoms with Gasteiger partial charge in [0.05, 0.1) is 0 Å². The van der Waals surface area contributed by atoms with Gasteiger partial charge in [-0.15, -0.1) is 0 Å².